The number of carbonyl (C=O) groups is 1. The van der Waals surface area contributed by atoms with Crippen molar-refractivity contribution in [2.45, 2.75) is 5.60 Å². The van der Waals surface area contributed by atoms with Gasteiger partial charge >= 0.3 is 0 Å². The molecule has 3 rings (SSSR count). The zero-order chi connectivity index (χ0) is 22.1. The van der Waals surface area contributed by atoms with E-state index in [4.69, 9.17) is 9.47 Å². The topological polar surface area (TPSA) is 80.2 Å². The third-order valence-electron chi connectivity index (χ3n) is 4.76. The number of benzene rings is 3. The maximum Gasteiger partial charge on any atom is 0.281 e. The first-order valence-electron chi connectivity index (χ1n) is 9.64. The Kier molecular flexibility index (Phi) is 7.19. The zero-order valence-electron chi connectivity index (χ0n) is 17.4. The molecule has 0 aromatic heterocycles. The minimum Gasteiger partial charge on any atom is -0.497 e. The predicted molar refractivity (Wildman–Crippen MR) is 121 cm³/mol. The number of nitrogens with zero attached hydrogens (tertiary/aromatic N) is 1. The third-order valence-corrected chi connectivity index (χ3v) is 4.76. The van der Waals surface area contributed by atoms with Crippen LogP contribution in [0.25, 0.3) is 6.08 Å². The lowest BCUT2D eigenvalue weighted by molar-refractivity contribution is -0.136. The van der Waals surface area contributed by atoms with Crippen LogP contribution >= 0.6 is 0 Å². The highest BCUT2D eigenvalue weighted by Crippen LogP contribution is 2.32. The lowest BCUT2D eigenvalue weighted by Crippen LogP contribution is -2.43. The minimum atomic E-state index is -1.96. The van der Waals surface area contributed by atoms with Gasteiger partial charge in [0.1, 0.15) is 11.5 Å². The molecule has 0 fully saturated rings. The summed E-state index contributed by atoms with van der Waals surface area (Å²) < 4.78 is 10.4. The predicted octanol–water partition coefficient (Wildman–Crippen LogP) is 3.76. The van der Waals surface area contributed by atoms with Gasteiger partial charge in [-0.2, -0.15) is 5.10 Å². The molecule has 0 saturated heterocycles. The first-order chi connectivity index (χ1) is 15.1. The molecule has 3 aromatic carbocycles. The lowest BCUT2D eigenvalue weighted by Gasteiger charge is -2.27. The van der Waals surface area contributed by atoms with E-state index in [2.05, 4.69) is 10.5 Å². The summed E-state index contributed by atoms with van der Waals surface area (Å²) in [5, 5.41) is 15.4. The van der Waals surface area contributed by atoms with Crippen LogP contribution in [0.1, 0.15) is 16.7 Å². The molecule has 0 bridgehead atoms. The number of methoxy groups -OCH3 is 2. The van der Waals surface area contributed by atoms with E-state index in [9.17, 15) is 9.90 Å². The molecule has 3 aromatic rings. The van der Waals surface area contributed by atoms with E-state index in [1.807, 2.05) is 36.4 Å². The third kappa shape index (κ3) is 5.18. The quantitative estimate of drug-likeness (QED) is 0.433. The smallest absolute Gasteiger partial charge is 0.281 e. The van der Waals surface area contributed by atoms with Gasteiger partial charge in [0.15, 0.2) is 5.60 Å². The molecule has 0 heterocycles. The number of hydrazone groups is 1. The van der Waals surface area contributed by atoms with Crippen molar-refractivity contribution in [2.24, 2.45) is 5.10 Å². The number of amides is 1. The number of aliphatic hydroxyl groups is 1. The Bertz CT molecular complexity index is 996. The Labute approximate surface area is 181 Å². The van der Waals surface area contributed by atoms with Gasteiger partial charge in [0, 0.05) is 6.21 Å². The van der Waals surface area contributed by atoms with Crippen molar-refractivity contribution in [3.8, 4) is 11.5 Å². The van der Waals surface area contributed by atoms with Crippen molar-refractivity contribution >= 4 is 18.2 Å². The zero-order valence-corrected chi connectivity index (χ0v) is 17.4. The molecular formula is C25H24N2O4. The standard InChI is InChI=1S/C25H24N2O4/c1-30-22-14-10-20(11-15-22)25(29,21-12-16-23(31-2)17-13-21)24(28)27-26-18-6-9-19-7-4-3-5-8-19/h3-18,29H,1-2H3,(H,27,28). The van der Waals surface area contributed by atoms with Gasteiger partial charge in [-0.3, -0.25) is 4.79 Å². The van der Waals surface area contributed by atoms with E-state index < -0.39 is 11.5 Å². The minimum absolute atomic E-state index is 0.381. The fourth-order valence-corrected chi connectivity index (χ4v) is 3.03. The Morgan fingerprint density at radius 1 is 0.871 bits per heavy atom. The summed E-state index contributed by atoms with van der Waals surface area (Å²) in [7, 11) is 3.10. The Morgan fingerprint density at radius 2 is 1.39 bits per heavy atom. The average molecular weight is 416 g/mol. The second-order valence-electron chi connectivity index (χ2n) is 6.66. The molecule has 6 heteroatoms. The van der Waals surface area contributed by atoms with Crippen LogP contribution in [0.2, 0.25) is 0 Å². The van der Waals surface area contributed by atoms with E-state index >= 15 is 0 Å². The van der Waals surface area contributed by atoms with Gasteiger partial charge < -0.3 is 14.6 Å². The lowest BCUT2D eigenvalue weighted by atomic mass is 9.85. The fraction of sp³-hybridized carbons (Fsp3) is 0.120. The summed E-state index contributed by atoms with van der Waals surface area (Å²) in [4.78, 5) is 13.0. The first-order valence-corrected chi connectivity index (χ1v) is 9.64. The van der Waals surface area contributed by atoms with E-state index in [0.717, 1.165) is 5.56 Å². The van der Waals surface area contributed by atoms with E-state index in [1.165, 1.54) is 6.21 Å². The molecule has 0 aliphatic heterocycles. The second kappa shape index (κ2) is 10.2. The van der Waals surface area contributed by atoms with Crippen LogP contribution in [0.15, 0.2) is 90.0 Å². The van der Waals surface area contributed by atoms with E-state index in [1.54, 1.807) is 68.8 Å². The van der Waals surface area contributed by atoms with Gasteiger partial charge in [0.25, 0.3) is 5.91 Å². The van der Waals surface area contributed by atoms with Crippen molar-refractivity contribution in [1.82, 2.24) is 5.43 Å². The highest BCUT2D eigenvalue weighted by Gasteiger charge is 2.40. The molecule has 158 valence electrons. The van der Waals surface area contributed by atoms with Crippen molar-refractivity contribution in [1.29, 1.82) is 0 Å². The fourth-order valence-electron chi connectivity index (χ4n) is 3.03. The normalized spacial score (nSPS) is 11.6. The summed E-state index contributed by atoms with van der Waals surface area (Å²) in [6.07, 6.45) is 5.01. The van der Waals surface area contributed by atoms with Crippen LogP contribution in [-0.4, -0.2) is 31.4 Å². The molecule has 0 atom stereocenters. The molecule has 0 spiro atoms. The highest BCUT2D eigenvalue weighted by atomic mass is 16.5. The number of carbonyl (C=O) groups excluding carboxylic acids is 1. The SMILES string of the molecule is COc1ccc(C(O)(C(=O)NN=CC=Cc2ccccc2)c2ccc(OC)cc2)cc1. The molecule has 0 unspecified atom stereocenters. The van der Waals surface area contributed by atoms with Gasteiger partial charge in [-0.05, 0) is 47.0 Å². The summed E-state index contributed by atoms with van der Waals surface area (Å²) >= 11 is 0. The van der Waals surface area contributed by atoms with Crippen LogP contribution < -0.4 is 14.9 Å². The van der Waals surface area contributed by atoms with Crippen LogP contribution in [0, 0.1) is 0 Å². The molecule has 6 nitrogen and oxygen atoms in total. The largest absolute Gasteiger partial charge is 0.497 e. The first kappa shape index (κ1) is 21.8. The second-order valence-corrected chi connectivity index (χ2v) is 6.66. The average Bonchev–Trinajstić information content (AvgIpc) is 2.84. The summed E-state index contributed by atoms with van der Waals surface area (Å²) in [6.45, 7) is 0. The molecular weight excluding hydrogens is 392 g/mol. The summed E-state index contributed by atoms with van der Waals surface area (Å²) in [6, 6.07) is 23.0. The van der Waals surface area contributed by atoms with Crippen molar-refractivity contribution in [3.63, 3.8) is 0 Å². The number of hydrogen-bond donors (Lipinski definition) is 2. The molecule has 0 saturated carbocycles. The Hall–Kier alpha value is -3.90. The van der Waals surface area contributed by atoms with Crippen LogP contribution in [0.5, 0.6) is 11.5 Å². The van der Waals surface area contributed by atoms with Gasteiger partial charge in [-0.15, -0.1) is 0 Å². The van der Waals surface area contributed by atoms with Crippen molar-refractivity contribution in [3.05, 3.63) is 102 Å². The molecule has 1 amide bonds. The number of nitrogens with one attached hydrogen (secondary N) is 1. The molecule has 31 heavy (non-hydrogen) atoms. The number of ether oxygens (including phenoxy) is 2. The van der Waals surface area contributed by atoms with Crippen LogP contribution in [-0.2, 0) is 10.4 Å². The van der Waals surface area contributed by atoms with E-state index in [-0.39, 0.29) is 0 Å². The molecule has 0 aliphatic carbocycles. The van der Waals surface area contributed by atoms with Gasteiger partial charge in [0.2, 0.25) is 0 Å². The summed E-state index contributed by atoms with van der Waals surface area (Å²) in [5.74, 6) is 0.544. The molecule has 0 aliphatic rings. The Balaban J connectivity index is 1.84. The van der Waals surface area contributed by atoms with Crippen LogP contribution in [0.3, 0.4) is 0 Å². The van der Waals surface area contributed by atoms with E-state index in [0.29, 0.717) is 22.6 Å². The van der Waals surface area contributed by atoms with Gasteiger partial charge in [-0.25, -0.2) is 5.43 Å². The van der Waals surface area contributed by atoms with Gasteiger partial charge in [0.05, 0.1) is 14.2 Å². The Morgan fingerprint density at radius 3 is 1.87 bits per heavy atom. The van der Waals surface area contributed by atoms with Gasteiger partial charge in [-0.1, -0.05) is 60.7 Å². The maximum absolute atomic E-state index is 13.0. The monoisotopic (exact) mass is 416 g/mol. The molecule has 0 radical (unpaired) electrons. The maximum atomic E-state index is 13.0. The number of hydrogen-bond acceptors (Lipinski definition) is 5. The summed E-state index contributed by atoms with van der Waals surface area (Å²) in [5.41, 5.74) is 2.24. The van der Waals surface area contributed by atoms with Crippen LogP contribution in [0.4, 0.5) is 0 Å². The number of rotatable bonds is 8. The molecule has 2 N–H and O–H groups in total. The van der Waals surface area contributed by atoms with Crippen molar-refractivity contribution in [2.75, 3.05) is 14.2 Å². The highest BCUT2D eigenvalue weighted by molar-refractivity contribution is 5.91. The van der Waals surface area contributed by atoms with Crippen molar-refractivity contribution < 1.29 is 19.4 Å². The number of allylic oxidation sites excluding steroid dienone is 1.